The lowest BCUT2D eigenvalue weighted by Crippen LogP contribution is -2.60. The molecule has 2 heterocycles. The lowest BCUT2D eigenvalue weighted by atomic mass is 10.1. The maximum absolute atomic E-state index is 13.6. The maximum atomic E-state index is 13.6. The summed E-state index contributed by atoms with van der Waals surface area (Å²) in [4.78, 5) is 26.8. The van der Waals surface area contributed by atoms with Gasteiger partial charge in [0.25, 0.3) is 0 Å². The molecule has 11 nitrogen and oxygen atoms in total. The predicted molar refractivity (Wildman–Crippen MR) is 154 cm³/mol. The van der Waals surface area contributed by atoms with Crippen LogP contribution in [0.2, 0.25) is 0 Å². The van der Waals surface area contributed by atoms with Crippen LogP contribution in [0.25, 0.3) is 0 Å². The number of hydrogen-bond acceptors (Lipinski definition) is 9. The van der Waals surface area contributed by atoms with Crippen LogP contribution in [0.4, 0.5) is 13.2 Å². The van der Waals surface area contributed by atoms with Crippen molar-refractivity contribution >= 4 is 50.1 Å². The zero-order chi connectivity index (χ0) is 30.5. The van der Waals surface area contributed by atoms with Gasteiger partial charge < -0.3 is 20.7 Å². The Morgan fingerprint density at radius 2 is 1.88 bits per heavy atom. The average Bonchev–Trinajstić information content (AvgIpc) is 2.95. The molecule has 16 heteroatoms. The van der Waals surface area contributed by atoms with Crippen LogP contribution in [0.15, 0.2) is 97.2 Å². The molecule has 222 valence electrons. The van der Waals surface area contributed by atoms with Crippen molar-refractivity contribution in [2.24, 2.45) is 20.7 Å². The van der Waals surface area contributed by atoms with Gasteiger partial charge in [-0.15, -0.1) is 13.2 Å². The summed E-state index contributed by atoms with van der Waals surface area (Å²) in [5.74, 6) is -1.01. The van der Waals surface area contributed by atoms with Crippen LogP contribution in [0.5, 0.6) is 5.75 Å². The first-order valence-electron chi connectivity index (χ1n) is 12.3. The smallest absolute Gasteiger partial charge is 0.406 e. The number of carbonyl (C=O) groups is 1. The molecule has 2 aromatic rings. The van der Waals surface area contributed by atoms with E-state index >= 15 is 0 Å². The van der Waals surface area contributed by atoms with Gasteiger partial charge in [-0.05, 0) is 42.0 Å². The molecule has 42 heavy (non-hydrogen) atoms. The summed E-state index contributed by atoms with van der Waals surface area (Å²) >= 11 is 3.35. The number of carbonyl (C=O) groups excluding carboxylic acids is 1. The quantitative estimate of drug-likeness (QED) is 0.443. The van der Waals surface area contributed by atoms with Gasteiger partial charge in [0.2, 0.25) is 15.9 Å². The number of piperazine rings is 1. The third-order valence-electron chi connectivity index (χ3n) is 6.15. The summed E-state index contributed by atoms with van der Waals surface area (Å²) in [6.07, 6.45) is -0.819. The fraction of sp³-hybridized carbons (Fsp3) is 0.231. The second-order valence-electron chi connectivity index (χ2n) is 8.98. The first-order valence-corrected chi connectivity index (χ1v) is 14.5. The number of nitrogens with zero attached hydrogens (tertiary/aromatic N) is 5. The van der Waals surface area contributed by atoms with Crippen molar-refractivity contribution in [3.63, 3.8) is 0 Å². The van der Waals surface area contributed by atoms with E-state index in [1.54, 1.807) is 29.2 Å². The second kappa shape index (κ2) is 12.9. The van der Waals surface area contributed by atoms with Gasteiger partial charge in [0, 0.05) is 30.7 Å². The summed E-state index contributed by atoms with van der Waals surface area (Å²) in [5, 5.41) is 2.76. The van der Waals surface area contributed by atoms with E-state index in [0.29, 0.717) is 11.4 Å². The summed E-state index contributed by atoms with van der Waals surface area (Å²) in [5.41, 5.74) is 7.78. The van der Waals surface area contributed by atoms with Crippen molar-refractivity contribution in [3.05, 3.63) is 82.9 Å². The normalized spacial score (nSPS) is 19.3. The van der Waals surface area contributed by atoms with E-state index < -0.39 is 34.1 Å². The molecule has 0 bridgehead atoms. The number of alkyl halides is 3. The van der Waals surface area contributed by atoms with Gasteiger partial charge in [0.15, 0.2) is 0 Å². The molecule has 2 aliphatic rings. The fourth-order valence-corrected chi connectivity index (χ4v) is 5.87. The lowest BCUT2D eigenvalue weighted by Gasteiger charge is -2.40. The molecule has 1 atom stereocenters. The SMILES string of the molecule is C=C1N=CN=C/C1=N/C=C(\N)N1CCN(S(=O)(=O)c2ccc(OC(F)(F)F)cc2)[C@@H](C(=O)NCc2ccc(Br)cc2)C1. The Kier molecular flexibility index (Phi) is 9.48. The van der Waals surface area contributed by atoms with Crippen LogP contribution in [0, 0.1) is 0 Å². The van der Waals surface area contributed by atoms with Gasteiger partial charge in [0.05, 0.1) is 23.0 Å². The van der Waals surface area contributed by atoms with E-state index in [1.165, 1.54) is 18.8 Å². The number of hydrogen-bond donors (Lipinski definition) is 2. The number of amides is 1. The number of allylic oxidation sites excluding steroid dienone is 1. The molecule has 1 saturated heterocycles. The van der Waals surface area contributed by atoms with Crippen LogP contribution >= 0.6 is 15.9 Å². The zero-order valence-corrected chi connectivity index (χ0v) is 24.2. The van der Waals surface area contributed by atoms with Crippen molar-refractivity contribution in [1.29, 1.82) is 0 Å². The third kappa shape index (κ3) is 7.83. The molecule has 3 N–H and O–H groups in total. The molecule has 0 aliphatic carbocycles. The van der Waals surface area contributed by atoms with Crippen LogP contribution in [-0.4, -0.2) is 73.8 Å². The molecule has 0 saturated carbocycles. The van der Waals surface area contributed by atoms with Gasteiger partial charge in [-0.2, -0.15) is 4.31 Å². The highest BCUT2D eigenvalue weighted by Crippen LogP contribution is 2.27. The Bertz CT molecular complexity index is 1560. The number of sulfonamides is 1. The molecule has 0 unspecified atom stereocenters. The summed E-state index contributed by atoms with van der Waals surface area (Å²) < 4.78 is 70.6. The van der Waals surface area contributed by atoms with Gasteiger partial charge in [-0.1, -0.05) is 34.6 Å². The van der Waals surface area contributed by atoms with Crippen LogP contribution in [0.1, 0.15) is 5.56 Å². The monoisotopic (exact) mass is 667 g/mol. The largest absolute Gasteiger partial charge is 0.573 e. The molecule has 4 rings (SSSR count). The van der Waals surface area contributed by atoms with Crippen molar-refractivity contribution in [2.75, 3.05) is 19.6 Å². The molecule has 0 spiro atoms. The van der Waals surface area contributed by atoms with Gasteiger partial charge in [-0.3, -0.25) is 4.79 Å². The molecular weight excluding hydrogens is 643 g/mol. The van der Waals surface area contributed by atoms with E-state index in [-0.39, 0.29) is 36.9 Å². The van der Waals surface area contributed by atoms with Crippen molar-refractivity contribution < 1.29 is 31.1 Å². The Balaban J connectivity index is 1.58. The minimum atomic E-state index is -4.93. The number of rotatable bonds is 8. The number of nitrogens with one attached hydrogen (secondary N) is 1. The first kappa shape index (κ1) is 30.9. The summed E-state index contributed by atoms with van der Waals surface area (Å²) in [6, 6.07) is 9.73. The molecule has 0 radical (unpaired) electrons. The number of nitrogens with two attached hydrogens (primary N) is 1. The summed E-state index contributed by atoms with van der Waals surface area (Å²) in [6.45, 7) is 3.72. The highest BCUT2D eigenvalue weighted by Gasteiger charge is 2.40. The maximum Gasteiger partial charge on any atom is 0.573 e. The van der Waals surface area contributed by atoms with Crippen molar-refractivity contribution in [2.45, 2.75) is 23.8 Å². The van der Waals surface area contributed by atoms with Crippen molar-refractivity contribution in [1.82, 2.24) is 14.5 Å². The van der Waals surface area contributed by atoms with E-state index in [2.05, 4.69) is 47.5 Å². The second-order valence-corrected chi connectivity index (χ2v) is 11.8. The molecular formula is C26H25BrF3N7O4S. The predicted octanol–water partition coefficient (Wildman–Crippen LogP) is 3.16. The number of ether oxygens (including phenoxy) is 1. The molecule has 1 fully saturated rings. The van der Waals surface area contributed by atoms with Gasteiger partial charge >= 0.3 is 6.36 Å². The van der Waals surface area contributed by atoms with Gasteiger partial charge in [-0.25, -0.2) is 23.4 Å². The molecule has 2 aromatic carbocycles. The van der Waals surface area contributed by atoms with E-state index in [4.69, 9.17) is 5.73 Å². The van der Waals surface area contributed by atoms with Crippen LogP contribution in [0.3, 0.4) is 0 Å². The first-order chi connectivity index (χ1) is 19.8. The van der Waals surface area contributed by atoms with Crippen molar-refractivity contribution in [3.8, 4) is 5.75 Å². The van der Waals surface area contributed by atoms with Gasteiger partial charge in [0.1, 0.15) is 29.7 Å². The Labute approximate surface area is 248 Å². The molecule has 0 aromatic heterocycles. The van der Waals surface area contributed by atoms with E-state index in [9.17, 15) is 26.4 Å². The standard InChI is InChI=1S/C26H25BrF3N7O4S/c1-17-22(13-32-16-35-17)33-14-24(31)36-10-11-37(23(15-36)25(38)34-12-18-2-4-19(27)5-3-18)42(39,40)21-8-6-20(7-9-21)41-26(28,29)30/h2-9,13-14,16,23H,1,10-12,15,31H2,(H,34,38)/b24-14+,33-22-/t23-/m1/s1. The fourth-order valence-electron chi connectivity index (χ4n) is 4.03. The lowest BCUT2D eigenvalue weighted by molar-refractivity contribution is -0.274. The zero-order valence-electron chi connectivity index (χ0n) is 21.8. The Morgan fingerprint density at radius 3 is 2.52 bits per heavy atom. The van der Waals surface area contributed by atoms with Crippen LogP contribution in [-0.2, 0) is 21.4 Å². The number of aliphatic imine (C=N–C) groups is 3. The number of benzene rings is 2. The summed E-state index contributed by atoms with van der Waals surface area (Å²) in [7, 11) is -4.32. The third-order valence-corrected chi connectivity index (χ3v) is 8.60. The van der Waals surface area contributed by atoms with Crippen LogP contribution < -0.4 is 15.8 Å². The Hall–Kier alpha value is -4.02. The highest BCUT2D eigenvalue weighted by atomic mass is 79.9. The van der Waals surface area contributed by atoms with E-state index in [1.807, 2.05) is 0 Å². The molecule has 1 amide bonds. The minimum Gasteiger partial charge on any atom is -0.406 e. The van der Waals surface area contributed by atoms with E-state index in [0.717, 1.165) is 38.6 Å². The highest BCUT2D eigenvalue weighted by molar-refractivity contribution is 9.10. The molecule has 2 aliphatic heterocycles. The number of halogens is 4. The minimum absolute atomic E-state index is 0.103. The Morgan fingerprint density at radius 1 is 1.19 bits per heavy atom. The topological polar surface area (TPSA) is 142 Å². The average molecular weight is 668 g/mol.